The van der Waals surface area contributed by atoms with Gasteiger partial charge in [0.2, 0.25) is 5.91 Å². The summed E-state index contributed by atoms with van der Waals surface area (Å²) in [6.45, 7) is 4.38. The number of benzene rings is 1. The summed E-state index contributed by atoms with van der Waals surface area (Å²) in [5, 5.41) is 3.34. The van der Waals surface area contributed by atoms with Crippen molar-refractivity contribution in [1.82, 2.24) is 15.1 Å². The largest absolute Gasteiger partial charge is 0.497 e. The van der Waals surface area contributed by atoms with E-state index in [9.17, 15) is 9.59 Å². The number of amides is 2. The second kappa shape index (κ2) is 10.5. The fourth-order valence-corrected chi connectivity index (χ4v) is 3.72. The standard InChI is InChI=1S/C20H29N3O4.ClH/c1-26-17-11-16(12-18(13-17)27-2)20(25)23-9-7-22(8-10-23)19(24)4-3-15-5-6-21-14-15;/h11-13,15,21H,3-10,14H2,1-2H3;1H. The molecule has 156 valence electrons. The van der Waals surface area contributed by atoms with E-state index in [1.54, 1.807) is 37.3 Å². The van der Waals surface area contributed by atoms with Crippen molar-refractivity contribution in [3.05, 3.63) is 23.8 Å². The van der Waals surface area contributed by atoms with Gasteiger partial charge in [0.1, 0.15) is 11.5 Å². The van der Waals surface area contributed by atoms with E-state index in [-0.39, 0.29) is 24.2 Å². The first-order valence-corrected chi connectivity index (χ1v) is 9.61. The number of carbonyl (C=O) groups is 2. The van der Waals surface area contributed by atoms with Gasteiger partial charge in [0.15, 0.2) is 0 Å². The molecule has 2 aliphatic heterocycles. The molecule has 2 fully saturated rings. The number of methoxy groups -OCH3 is 2. The third-order valence-electron chi connectivity index (χ3n) is 5.45. The zero-order chi connectivity index (χ0) is 19.2. The van der Waals surface area contributed by atoms with Crippen molar-refractivity contribution in [3.8, 4) is 11.5 Å². The number of piperazine rings is 1. The van der Waals surface area contributed by atoms with Crippen LogP contribution in [0.4, 0.5) is 0 Å². The van der Waals surface area contributed by atoms with Gasteiger partial charge in [-0.3, -0.25) is 9.59 Å². The van der Waals surface area contributed by atoms with Crippen LogP contribution in [0.3, 0.4) is 0 Å². The Morgan fingerprint density at radius 2 is 1.64 bits per heavy atom. The normalized spacial score (nSPS) is 19.1. The molecule has 0 radical (unpaired) electrons. The average molecular weight is 412 g/mol. The van der Waals surface area contributed by atoms with Crippen LogP contribution in [0.1, 0.15) is 29.6 Å². The molecule has 1 atom stereocenters. The minimum absolute atomic E-state index is 0. The van der Waals surface area contributed by atoms with E-state index in [1.165, 1.54) is 6.42 Å². The number of hydrogen-bond donors (Lipinski definition) is 1. The van der Waals surface area contributed by atoms with Gasteiger partial charge >= 0.3 is 0 Å². The van der Waals surface area contributed by atoms with Crippen LogP contribution in [0.25, 0.3) is 0 Å². The Labute approximate surface area is 172 Å². The van der Waals surface area contributed by atoms with Gasteiger partial charge in [-0.25, -0.2) is 0 Å². The van der Waals surface area contributed by atoms with Gasteiger partial charge in [0.25, 0.3) is 5.91 Å². The highest BCUT2D eigenvalue weighted by atomic mass is 35.5. The molecular formula is C20H30ClN3O4. The minimum atomic E-state index is -0.0590. The van der Waals surface area contributed by atoms with E-state index < -0.39 is 0 Å². The van der Waals surface area contributed by atoms with Crippen molar-refractivity contribution in [2.24, 2.45) is 5.92 Å². The summed E-state index contributed by atoms with van der Waals surface area (Å²) in [7, 11) is 3.13. The third-order valence-corrected chi connectivity index (χ3v) is 5.45. The first-order valence-electron chi connectivity index (χ1n) is 9.61. The fourth-order valence-electron chi connectivity index (χ4n) is 3.72. The summed E-state index contributed by atoms with van der Waals surface area (Å²) in [5.74, 6) is 1.95. The molecule has 0 aromatic heterocycles. The number of nitrogens with zero attached hydrogens (tertiary/aromatic N) is 2. The zero-order valence-electron chi connectivity index (χ0n) is 16.6. The molecule has 0 aliphatic carbocycles. The van der Waals surface area contributed by atoms with E-state index >= 15 is 0 Å². The highest BCUT2D eigenvalue weighted by Crippen LogP contribution is 2.24. The molecule has 7 nitrogen and oxygen atoms in total. The quantitative estimate of drug-likeness (QED) is 0.772. The molecule has 0 bridgehead atoms. The summed E-state index contributed by atoms with van der Waals surface area (Å²) in [4.78, 5) is 28.9. The molecule has 1 aromatic carbocycles. The Balaban J connectivity index is 0.00000280. The Kier molecular flexibility index (Phi) is 8.38. The molecule has 2 amide bonds. The number of halogens is 1. The van der Waals surface area contributed by atoms with Gasteiger partial charge in [-0.05, 0) is 44.0 Å². The first-order chi connectivity index (χ1) is 13.1. The van der Waals surface area contributed by atoms with Crippen LogP contribution in [-0.2, 0) is 4.79 Å². The van der Waals surface area contributed by atoms with Crippen molar-refractivity contribution in [2.75, 3.05) is 53.5 Å². The van der Waals surface area contributed by atoms with Crippen molar-refractivity contribution >= 4 is 24.2 Å². The maximum absolute atomic E-state index is 12.8. The number of rotatable bonds is 6. The zero-order valence-corrected chi connectivity index (χ0v) is 17.4. The van der Waals surface area contributed by atoms with E-state index in [4.69, 9.17) is 9.47 Å². The molecule has 8 heteroatoms. The van der Waals surface area contributed by atoms with Gasteiger partial charge in [0, 0.05) is 44.2 Å². The summed E-state index contributed by atoms with van der Waals surface area (Å²) >= 11 is 0. The van der Waals surface area contributed by atoms with Gasteiger partial charge < -0.3 is 24.6 Å². The van der Waals surface area contributed by atoms with Crippen LogP contribution in [0.2, 0.25) is 0 Å². The molecule has 2 aliphatic rings. The molecule has 1 N–H and O–H groups in total. The highest BCUT2D eigenvalue weighted by molar-refractivity contribution is 5.95. The number of carbonyl (C=O) groups excluding carboxylic acids is 2. The predicted molar refractivity (Wildman–Crippen MR) is 109 cm³/mol. The van der Waals surface area contributed by atoms with E-state index in [2.05, 4.69) is 5.32 Å². The predicted octanol–water partition coefficient (Wildman–Crippen LogP) is 1.80. The molecule has 1 aromatic rings. The Bertz CT molecular complexity index is 649. The van der Waals surface area contributed by atoms with Crippen molar-refractivity contribution < 1.29 is 19.1 Å². The molecule has 28 heavy (non-hydrogen) atoms. The van der Waals surface area contributed by atoms with Gasteiger partial charge in [-0.15, -0.1) is 12.4 Å². The van der Waals surface area contributed by atoms with Crippen LogP contribution in [0.5, 0.6) is 11.5 Å². The van der Waals surface area contributed by atoms with E-state index in [0.29, 0.717) is 55.6 Å². The van der Waals surface area contributed by atoms with Gasteiger partial charge in [-0.1, -0.05) is 0 Å². The van der Waals surface area contributed by atoms with E-state index in [1.807, 2.05) is 4.90 Å². The van der Waals surface area contributed by atoms with Crippen LogP contribution in [-0.4, -0.2) is 75.1 Å². The van der Waals surface area contributed by atoms with E-state index in [0.717, 1.165) is 19.5 Å². The van der Waals surface area contributed by atoms with Crippen LogP contribution in [0.15, 0.2) is 18.2 Å². The average Bonchev–Trinajstić information content (AvgIpc) is 3.24. The fraction of sp³-hybridized carbons (Fsp3) is 0.600. The molecule has 0 spiro atoms. The van der Waals surface area contributed by atoms with Crippen molar-refractivity contribution in [2.45, 2.75) is 19.3 Å². The van der Waals surface area contributed by atoms with Gasteiger partial charge in [-0.2, -0.15) is 0 Å². The lowest BCUT2D eigenvalue weighted by Crippen LogP contribution is -2.50. The topological polar surface area (TPSA) is 71.1 Å². The summed E-state index contributed by atoms with van der Waals surface area (Å²) in [6.07, 6.45) is 2.72. The third kappa shape index (κ3) is 5.52. The smallest absolute Gasteiger partial charge is 0.254 e. The number of hydrogen-bond acceptors (Lipinski definition) is 5. The molecule has 1 unspecified atom stereocenters. The van der Waals surface area contributed by atoms with Crippen molar-refractivity contribution in [3.63, 3.8) is 0 Å². The lowest BCUT2D eigenvalue weighted by Gasteiger charge is -2.35. The molecule has 2 heterocycles. The first kappa shape index (κ1) is 22.3. The summed E-state index contributed by atoms with van der Waals surface area (Å²) in [6, 6.07) is 5.18. The maximum atomic E-state index is 12.8. The van der Waals surface area contributed by atoms with Gasteiger partial charge in [0.05, 0.1) is 14.2 Å². The Morgan fingerprint density at radius 1 is 1.04 bits per heavy atom. The molecular weight excluding hydrogens is 382 g/mol. The van der Waals surface area contributed by atoms with Crippen molar-refractivity contribution in [1.29, 1.82) is 0 Å². The van der Waals surface area contributed by atoms with Crippen LogP contribution >= 0.6 is 12.4 Å². The maximum Gasteiger partial charge on any atom is 0.254 e. The summed E-state index contributed by atoms with van der Waals surface area (Å²) in [5.41, 5.74) is 0.541. The molecule has 3 rings (SSSR count). The summed E-state index contributed by atoms with van der Waals surface area (Å²) < 4.78 is 10.5. The molecule has 0 saturated carbocycles. The van der Waals surface area contributed by atoms with Crippen LogP contribution < -0.4 is 14.8 Å². The second-order valence-electron chi connectivity index (χ2n) is 7.17. The SMILES string of the molecule is COc1cc(OC)cc(C(=O)N2CCN(C(=O)CCC3CCNC3)CC2)c1.Cl. The number of ether oxygens (including phenoxy) is 2. The second-order valence-corrected chi connectivity index (χ2v) is 7.17. The minimum Gasteiger partial charge on any atom is -0.497 e. The highest BCUT2D eigenvalue weighted by Gasteiger charge is 2.26. The molecule has 2 saturated heterocycles. The Morgan fingerprint density at radius 3 is 2.18 bits per heavy atom. The van der Waals surface area contributed by atoms with Crippen LogP contribution in [0, 0.1) is 5.92 Å². The monoisotopic (exact) mass is 411 g/mol. The lowest BCUT2D eigenvalue weighted by molar-refractivity contribution is -0.132. The Hall–Kier alpha value is -1.99. The lowest BCUT2D eigenvalue weighted by atomic mass is 10.0. The number of nitrogens with one attached hydrogen (secondary N) is 1.